The molecular weight excluding hydrogens is 294 g/mol. The molecule has 1 unspecified atom stereocenters. The van der Waals surface area contributed by atoms with Crippen molar-refractivity contribution in [2.75, 3.05) is 26.7 Å². The molecule has 1 aliphatic carbocycles. The normalized spacial score (nSPS) is 25.4. The van der Waals surface area contributed by atoms with Gasteiger partial charge in [-0.25, -0.2) is 9.86 Å². The number of carbonyl (C=O) groups excluding carboxylic acids is 1. The molecule has 3 N–H and O–H groups in total. The Morgan fingerprint density at radius 2 is 2.14 bits per heavy atom. The Morgan fingerprint density at radius 1 is 1.43 bits per heavy atom. The molecule has 8 heteroatoms. The van der Waals surface area contributed by atoms with E-state index in [1.165, 1.54) is 0 Å². The Balaban J connectivity index is 1.84. The van der Waals surface area contributed by atoms with Crippen molar-refractivity contribution in [2.24, 2.45) is 11.1 Å². The maximum absolute atomic E-state index is 12.4. The van der Waals surface area contributed by atoms with Gasteiger partial charge in [0.25, 0.3) is 10.2 Å². The summed E-state index contributed by atoms with van der Waals surface area (Å²) < 4.78 is 29.7. The van der Waals surface area contributed by atoms with Crippen molar-refractivity contribution in [3.05, 3.63) is 0 Å². The standard InChI is InChI=1S/C13H25N3O4S/c1-20-13(5-3-6-13)8-12(17)16-7-2-4-11(10-16)9-15-21(14,18)19/h11,15H,2-10H2,1H3,(H2,14,18,19). The van der Waals surface area contributed by atoms with Crippen molar-refractivity contribution in [3.63, 3.8) is 0 Å². The van der Waals surface area contributed by atoms with Crippen molar-refractivity contribution in [3.8, 4) is 0 Å². The molecule has 1 amide bonds. The van der Waals surface area contributed by atoms with Gasteiger partial charge in [-0.15, -0.1) is 0 Å². The Kier molecular flexibility index (Phi) is 5.24. The molecular formula is C13H25N3O4S. The summed E-state index contributed by atoms with van der Waals surface area (Å²) in [6.07, 6.45) is 5.23. The van der Waals surface area contributed by atoms with E-state index in [0.29, 0.717) is 13.0 Å². The van der Waals surface area contributed by atoms with Gasteiger partial charge in [-0.2, -0.15) is 8.42 Å². The highest BCUT2D eigenvalue weighted by atomic mass is 32.2. The Morgan fingerprint density at radius 3 is 2.67 bits per heavy atom. The van der Waals surface area contributed by atoms with Gasteiger partial charge in [-0.3, -0.25) is 4.79 Å². The SMILES string of the molecule is COC1(CC(=O)N2CCCC(CNS(N)(=O)=O)C2)CCC1. The molecule has 2 rings (SSSR count). The molecule has 0 radical (unpaired) electrons. The summed E-state index contributed by atoms with van der Waals surface area (Å²) >= 11 is 0. The quantitative estimate of drug-likeness (QED) is 0.718. The number of piperidine rings is 1. The number of methoxy groups -OCH3 is 1. The number of ether oxygens (including phenoxy) is 1. The van der Waals surface area contributed by atoms with Crippen LogP contribution in [-0.2, 0) is 19.7 Å². The van der Waals surface area contributed by atoms with Crippen LogP contribution in [0.15, 0.2) is 0 Å². The number of hydrogen-bond acceptors (Lipinski definition) is 4. The fraction of sp³-hybridized carbons (Fsp3) is 0.923. The van der Waals surface area contributed by atoms with Gasteiger partial charge in [-0.05, 0) is 38.0 Å². The Hall–Kier alpha value is -0.700. The average Bonchev–Trinajstić information content (AvgIpc) is 2.40. The molecule has 21 heavy (non-hydrogen) atoms. The fourth-order valence-corrected chi connectivity index (χ4v) is 3.57. The van der Waals surface area contributed by atoms with Crippen LogP contribution in [0, 0.1) is 5.92 Å². The van der Waals surface area contributed by atoms with Crippen molar-refractivity contribution in [1.82, 2.24) is 9.62 Å². The molecule has 0 aromatic rings. The van der Waals surface area contributed by atoms with Crippen molar-refractivity contribution in [1.29, 1.82) is 0 Å². The first-order valence-corrected chi connectivity index (χ1v) is 8.98. The number of nitrogens with one attached hydrogen (secondary N) is 1. The molecule has 1 heterocycles. The van der Waals surface area contributed by atoms with Gasteiger partial charge in [0.1, 0.15) is 0 Å². The second-order valence-corrected chi connectivity index (χ2v) is 7.54. The van der Waals surface area contributed by atoms with Gasteiger partial charge in [-0.1, -0.05) is 0 Å². The number of amides is 1. The lowest BCUT2D eigenvalue weighted by Crippen LogP contribution is -2.49. The third kappa shape index (κ3) is 4.64. The smallest absolute Gasteiger partial charge is 0.274 e. The number of carbonyl (C=O) groups is 1. The van der Waals surface area contributed by atoms with E-state index in [1.807, 2.05) is 4.90 Å². The molecule has 1 saturated heterocycles. The molecule has 1 aliphatic heterocycles. The van der Waals surface area contributed by atoms with E-state index in [0.717, 1.165) is 38.6 Å². The van der Waals surface area contributed by atoms with Crippen LogP contribution >= 0.6 is 0 Å². The summed E-state index contributed by atoms with van der Waals surface area (Å²) in [7, 11) is -1.99. The monoisotopic (exact) mass is 319 g/mol. The summed E-state index contributed by atoms with van der Waals surface area (Å²) in [6, 6.07) is 0. The number of nitrogens with two attached hydrogens (primary N) is 1. The van der Waals surface area contributed by atoms with Gasteiger partial charge in [0.15, 0.2) is 0 Å². The van der Waals surface area contributed by atoms with Crippen LogP contribution in [-0.4, -0.2) is 51.6 Å². The maximum atomic E-state index is 12.4. The predicted molar refractivity (Wildman–Crippen MR) is 78.6 cm³/mol. The fourth-order valence-electron chi connectivity index (χ4n) is 3.10. The van der Waals surface area contributed by atoms with E-state index in [4.69, 9.17) is 9.88 Å². The third-order valence-corrected chi connectivity index (χ3v) is 5.19. The van der Waals surface area contributed by atoms with E-state index >= 15 is 0 Å². The predicted octanol–water partition coefficient (Wildman–Crippen LogP) is -0.0227. The summed E-state index contributed by atoms with van der Waals surface area (Å²) in [4.78, 5) is 14.2. The molecule has 2 fully saturated rings. The van der Waals surface area contributed by atoms with Gasteiger partial charge in [0.05, 0.1) is 12.0 Å². The molecule has 1 saturated carbocycles. The molecule has 122 valence electrons. The molecule has 1 atom stereocenters. The van der Waals surface area contributed by atoms with Crippen molar-refractivity contribution < 1.29 is 17.9 Å². The Labute approximate surface area is 126 Å². The summed E-state index contributed by atoms with van der Waals surface area (Å²) in [5.41, 5.74) is -0.261. The first-order chi connectivity index (χ1) is 9.84. The number of hydrogen-bond donors (Lipinski definition) is 2. The molecule has 0 aromatic carbocycles. The topological polar surface area (TPSA) is 102 Å². The highest BCUT2D eigenvalue weighted by Gasteiger charge is 2.40. The first-order valence-electron chi connectivity index (χ1n) is 7.44. The van der Waals surface area contributed by atoms with Crippen LogP contribution in [0.5, 0.6) is 0 Å². The second-order valence-electron chi connectivity index (χ2n) is 6.16. The van der Waals surface area contributed by atoms with Crippen LogP contribution < -0.4 is 9.86 Å². The van der Waals surface area contributed by atoms with Crippen LogP contribution in [0.3, 0.4) is 0 Å². The molecule has 0 bridgehead atoms. The molecule has 0 aromatic heterocycles. The zero-order valence-electron chi connectivity index (χ0n) is 12.5. The van der Waals surface area contributed by atoms with E-state index in [9.17, 15) is 13.2 Å². The lowest BCUT2D eigenvalue weighted by atomic mass is 9.77. The molecule has 0 spiro atoms. The largest absolute Gasteiger partial charge is 0.378 e. The Bertz CT molecular complexity index is 470. The first kappa shape index (κ1) is 16.7. The number of nitrogens with zero attached hydrogens (tertiary/aromatic N) is 1. The van der Waals surface area contributed by atoms with Crippen LogP contribution in [0.1, 0.15) is 38.5 Å². The summed E-state index contributed by atoms with van der Waals surface area (Å²) in [5.74, 6) is 0.234. The minimum atomic E-state index is -3.66. The van der Waals surface area contributed by atoms with Crippen LogP contribution in [0.25, 0.3) is 0 Å². The van der Waals surface area contributed by atoms with Gasteiger partial charge in [0, 0.05) is 26.7 Å². The van der Waals surface area contributed by atoms with E-state index in [-0.39, 0.29) is 24.0 Å². The van der Waals surface area contributed by atoms with Crippen molar-refractivity contribution >= 4 is 16.1 Å². The maximum Gasteiger partial charge on any atom is 0.274 e. The highest BCUT2D eigenvalue weighted by Crippen LogP contribution is 2.38. The molecule has 2 aliphatic rings. The van der Waals surface area contributed by atoms with Gasteiger partial charge < -0.3 is 9.64 Å². The van der Waals surface area contributed by atoms with Crippen LogP contribution in [0.4, 0.5) is 0 Å². The second kappa shape index (κ2) is 6.60. The number of likely N-dealkylation sites (tertiary alicyclic amines) is 1. The highest BCUT2D eigenvalue weighted by molar-refractivity contribution is 7.87. The summed E-state index contributed by atoms with van der Waals surface area (Å²) in [5, 5.41) is 4.94. The van der Waals surface area contributed by atoms with Crippen molar-refractivity contribution in [2.45, 2.75) is 44.1 Å². The van der Waals surface area contributed by atoms with Gasteiger partial charge in [0.2, 0.25) is 5.91 Å². The zero-order valence-corrected chi connectivity index (χ0v) is 13.3. The van der Waals surface area contributed by atoms with E-state index in [1.54, 1.807) is 7.11 Å². The lowest BCUT2D eigenvalue weighted by Gasteiger charge is -2.42. The third-order valence-electron chi connectivity index (χ3n) is 4.62. The average molecular weight is 319 g/mol. The zero-order chi connectivity index (χ0) is 15.5. The van der Waals surface area contributed by atoms with Gasteiger partial charge >= 0.3 is 0 Å². The van der Waals surface area contributed by atoms with E-state index in [2.05, 4.69) is 4.72 Å². The minimum Gasteiger partial charge on any atom is -0.378 e. The molecule has 7 nitrogen and oxygen atoms in total. The number of rotatable bonds is 6. The summed E-state index contributed by atoms with van der Waals surface area (Å²) in [6.45, 7) is 1.61. The minimum absolute atomic E-state index is 0.108. The lowest BCUT2D eigenvalue weighted by molar-refractivity contribution is -0.145. The van der Waals surface area contributed by atoms with E-state index < -0.39 is 10.2 Å². The van der Waals surface area contributed by atoms with Crippen LogP contribution in [0.2, 0.25) is 0 Å².